The Hall–Kier alpha value is -5.74. The second kappa shape index (κ2) is 9.13. The first kappa shape index (κ1) is 25.7. The molecule has 0 unspecified atom stereocenters. The lowest BCUT2D eigenvalue weighted by Crippen LogP contribution is -2.14. The Kier molecular flexibility index (Phi) is 5.22. The summed E-state index contributed by atoms with van der Waals surface area (Å²) in [6, 6.07) is 39.6. The van der Waals surface area contributed by atoms with Crippen LogP contribution in [-0.4, -0.2) is 0 Å². The van der Waals surface area contributed by atoms with Gasteiger partial charge in [0.05, 0.1) is 21.5 Å². The molecule has 6 aromatic carbocycles. The highest BCUT2D eigenvalue weighted by Crippen LogP contribution is 2.50. The monoisotopic (exact) mass is 582 g/mol. The lowest BCUT2D eigenvalue weighted by molar-refractivity contribution is 0.659. The predicted octanol–water partition coefficient (Wildman–Crippen LogP) is 9.85. The first-order valence-electron chi connectivity index (χ1n) is 15.1. The van der Waals surface area contributed by atoms with Crippen LogP contribution in [0, 0.1) is 0 Å². The van der Waals surface area contributed by atoms with E-state index in [4.69, 9.17) is 8.83 Å². The van der Waals surface area contributed by atoms with Crippen LogP contribution in [-0.2, 0) is 5.41 Å². The van der Waals surface area contributed by atoms with Crippen molar-refractivity contribution >= 4 is 43.9 Å². The highest BCUT2D eigenvalue weighted by molar-refractivity contribution is 5.95. The van der Waals surface area contributed by atoms with E-state index in [1.807, 2.05) is 78.9 Å². The Balaban J connectivity index is 1.18. The third kappa shape index (κ3) is 3.72. The standard InChI is InChI=1S/C41H26O4/c1-41(2)33-16-12-23(25-14-18-37-32(21-25)40(43)28-8-4-5-9-35(28)44-37)19-30(33)31-20-24(13-17-34(31)41)26-11-15-29-38(22-26)45-36-10-6-3-7-27(36)39(29)42/h3-22H,1-2H3. The summed E-state index contributed by atoms with van der Waals surface area (Å²) in [7, 11) is 0. The molecule has 0 amide bonds. The fraction of sp³-hybridized carbons (Fsp3) is 0.0732. The highest BCUT2D eigenvalue weighted by atomic mass is 16.3. The van der Waals surface area contributed by atoms with Crippen molar-refractivity contribution in [3.05, 3.63) is 153 Å². The third-order valence-electron chi connectivity index (χ3n) is 9.50. The number of fused-ring (bicyclic) bond motifs is 7. The lowest BCUT2D eigenvalue weighted by Gasteiger charge is -2.21. The van der Waals surface area contributed by atoms with E-state index < -0.39 is 0 Å². The molecule has 214 valence electrons. The second-order valence-electron chi connectivity index (χ2n) is 12.4. The van der Waals surface area contributed by atoms with E-state index in [0.29, 0.717) is 43.9 Å². The van der Waals surface area contributed by atoms with Crippen LogP contribution in [0.2, 0.25) is 0 Å². The van der Waals surface area contributed by atoms with Gasteiger partial charge in [0.2, 0.25) is 10.9 Å². The minimum absolute atomic E-state index is 0.0183. The van der Waals surface area contributed by atoms with E-state index in [9.17, 15) is 9.59 Å². The summed E-state index contributed by atoms with van der Waals surface area (Å²) in [5, 5.41) is 2.32. The molecule has 2 heterocycles. The molecule has 1 aliphatic carbocycles. The normalized spacial score (nSPS) is 13.5. The molecule has 0 radical (unpaired) electrons. The van der Waals surface area contributed by atoms with Gasteiger partial charge in [-0.2, -0.15) is 0 Å². The quantitative estimate of drug-likeness (QED) is 0.190. The van der Waals surface area contributed by atoms with E-state index in [1.165, 1.54) is 22.3 Å². The molecule has 0 N–H and O–H groups in total. The topological polar surface area (TPSA) is 60.4 Å². The number of para-hydroxylation sites is 2. The SMILES string of the molecule is CC1(C)c2ccc(-c3ccc4c(=O)c5ccccc5oc4c3)cc2-c2cc(-c3ccc4oc5ccccc5c(=O)c4c3)ccc21. The van der Waals surface area contributed by atoms with Gasteiger partial charge in [-0.3, -0.25) is 9.59 Å². The van der Waals surface area contributed by atoms with E-state index in [0.717, 1.165) is 22.3 Å². The number of benzene rings is 6. The average molecular weight is 583 g/mol. The molecule has 8 aromatic rings. The summed E-state index contributed by atoms with van der Waals surface area (Å²) >= 11 is 0. The van der Waals surface area contributed by atoms with Gasteiger partial charge in [0, 0.05) is 5.41 Å². The van der Waals surface area contributed by atoms with Crippen molar-refractivity contribution in [3.8, 4) is 33.4 Å². The largest absolute Gasteiger partial charge is 0.456 e. The predicted molar refractivity (Wildman–Crippen MR) is 182 cm³/mol. The van der Waals surface area contributed by atoms with Crippen LogP contribution in [0.3, 0.4) is 0 Å². The fourth-order valence-corrected chi connectivity index (χ4v) is 7.09. The Morgan fingerprint density at radius 3 is 1.51 bits per heavy atom. The van der Waals surface area contributed by atoms with Crippen LogP contribution in [0.5, 0.6) is 0 Å². The Morgan fingerprint density at radius 2 is 0.867 bits per heavy atom. The summed E-state index contributed by atoms with van der Waals surface area (Å²) in [4.78, 5) is 26.5. The first-order valence-corrected chi connectivity index (χ1v) is 15.1. The van der Waals surface area contributed by atoms with Gasteiger partial charge in [-0.15, -0.1) is 0 Å². The molecular formula is C41H26O4. The molecule has 45 heavy (non-hydrogen) atoms. The fourth-order valence-electron chi connectivity index (χ4n) is 7.09. The molecule has 0 saturated heterocycles. The van der Waals surface area contributed by atoms with Crippen molar-refractivity contribution in [2.24, 2.45) is 0 Å². The summed E-state index contributed by atoms with van der Waals surface area (Å²) in [5.41, 5.74) is 11.1. The minimum atomic E-state index is -0.166. The van der Waals surface area contributed by atoms with Gasteiger partial charge in [-0.05, 0) is 105 Å². The first-order chi connectivity index (χ1) is 21.9. The summed E-state index contributed by atoms with van der Waals surface area (Å²) in [6.45, 7) is 4.53. The Bertz CT molecular complexity index is 2670. The average Bonchev–Trinajstić information content (AvgIpc) is 3.30. The maximum Gasteiger partial charge on any atom is 0.200 e. The highest BCUT2D eigenvalue weighted by Gasteiger charge is 2.35. The number of hydrogen-bond acceptors (Lipinski definition) is 4. The molecular weight excluding hydrogens is 556 g/mol. The van der Waals surface area contributed by atoms with Gasteiger partial charge in [0.25, 0.3) is 0 Å². The van der Waals surface area contributed by atoms with Gasteiger partial charge in [-0.25, -0.2) is 0 Å². The molecule has 9 rings (SSSR count). The zero-order chi connectivity index (χ0) is 30.4. The van der Waals surface area contributed by atoms with Crippen LogP contribution in [0.4, 0.5) is 0 Å². The van der Waals surface area contributed by atoms with Crippen LogP contribution in [0.25, 0.3) is 77.3 Å². The molecule has 0 bridgehead atoms. The molecule has 2 aromatic heterocycles. The van der Waals surface area contributed by atoms with Crippen LogP contribution < -0.4 is 10.9 Å². The van der Waals surface area contributed by atoms with E-state index in [2.05, 4.69) is 50.2 Å². The summed E-state index contributed by atoms with van der Waals surface area (Å²) < 4.78 is 12.2. The number of rotatable bonds is 2. The number of hydrogen-bond donors (Lipinski definition) is 0. The van der Waals surface area contributed by atoms with Gasteiger partial charge in [-0.1, -0.05) is 74.5 Å². The zero-order valence-electron chi connectivity index (χ0n) is 24.7. The molecule has 4 heteroatoms. The van der Waals surface area contributed by atoms with Crippen molar-refractivity contribution < 1.29 is 8.83 Å². The van der Waals surface area contributed by atoms with E-state index in [-0.39, 0.29) is 16.3 Å². The zero-order valence-corrected chi connectivity index (χ0v) is 24.7. The molecule has 1 aliphatic rings. The van der Waals surface area contributed by atoms with Crippen molar-refractivity contribution in [3.63, 3.8) is 0 Å². The van der Waals surface area contributed by atoms with Crippen molar-refractivity contribution in [2.45, 2.75) is 19.3 Å². The van der Waals surface area contributed by atoms with Gasteiger partial charge >= 0.3 is 0 Å². The molecule has 0 fully saturated rings. The molecule has 0 saturated carbocycles. The van der Waals surface area contributed by atoms with Crippen molar-refractivity contribution in [1.82, 2.24) is 0 Å². The molecule has 4 nitrogen and oxygen atoms in total. The minimum Gasteiger partial charge on any atom is -0.456 e. The Morgan fingerprint density at radius 1 is 0.422 bits per heavy atom. The second-order valence-corrected chi connectivity index (χ2v) is 12.4. The van der Waals surface area contributed by atoms with E-state index in [1.54, 1.807) is 6.07 Å². The van der Waals surface area contributed by atoms with Gasteiger partial charge in [0.15, 0.2) is 0 Å². The van der Waals surface area contributed by atoms with Gasteiger partial charge in [0.1, 0.15) is 22.3 Å². The smallest absolute Gasteiger partial charge is 0.200 e. The van der Waals surface area contributed by atoms with Crippen molar-refractivity contribution in [1.29, 1.82) is 0 Å². The molecule has 0 atom stereocenters. The maximum absolute atomic E-state index is 13.4. The Labute approximate surface area is 257 Å². The van der Waals surface area contributed by atoms with Crippen molar-refractivity contribution in [2.75, 3.05) is 0 Å². The molecule has 0 spiro atoms. The molecule has 0 aliphatic heterocycles. The lowest BCUT2D eigenvalue weighted by atomic mass is 9.82. The summed E-state index contributed by atoms with van der Waals surface area (Å²) in [5.74, 6) is 0. The summed E-state index contributed by atoms with van der Waals surface area (Å²) in [6.07, 6.45) is 0. The van der Waals surface area contributed by atoms with Crippen LogP contribution in [0.15, 0.2) is 140 Å². The maximum atomic E-state index is 13.4. The van der Waals surface area contributed by atoms with Gasteiger partial charge < -0.3 is 8.83 Å². The van der Waals surface area contributed by atoms with E-state index >= 15 is 0 Å². The van der Waals surface area contributed by atoms with Crippen LogP contribution >= 0.6 is 0 Å². The van der Waals surface area contributed by atoms with Crippen LogP contribution in [0.1, 0.15) is 25.0 Å². The third-order valence-corrected chi connectivity index (χ3v) is 9.50.